The Morgan fingerprint density at radius 3 is 2.73 bits per heavy atom. The van der Waals surface area contributed by atoms with Crippen molar-refractivity contribution in [3.05, 3.63) is 30.0 Å². The molecule has 5 nitrogen and oxygen atoms in total. The van der Waals surface area contributed by atoms with E-state index in [-0.39, 0.29) is 24.0 Å². The zero-order valence-corrected chi connectivity index (χ0v) is 9.17. The van der Waals surface area contributed by atoms with E-state index in [1.54, 1.807) is 6.92 Å². The van der Waals surface area contributed by atoms with Crippen molar-refractivity contribution < 1.29 is 17.9 Å². The summed E-state index contributed by atoms with van der Waals surface area (Å²) >= 11 is 0. The van der Waals surface area contributed by atoms with E-state index in [0.29, 0.717) is 5.57 Å². The molecule has 1 aromatic heterocycles. The minimum Gasteiger partial charge on any atom is -0.446 e. The number of sulfonamides is 1. The van der Waals surface area contributed by atoms with E-state index in [0.717, 1.165) is 0 Å². The molecule has 1 rings (SSSR count). The fraction of sp³-hybridized carbons (Fsp3) is 0.333. The molecule has 2 N–H and O–H groups in total. The second-order valence-electron chi connectivity index (χ2n) is 3.16. The third-order valence-corrected chi connectivity index (χ3v) is 2.90. The number of aliphatic hydroxyl groups excluding tert-OH is 1. The van der Waals surface area contributed by atoms with Crippen LogP contribution >= 0.6 is 0 Å². The first-order valence-electron chi connectivity index (χ1n) is 4.29. The summed E-state index contributed by atoms with van der Waals surface area (Å²) in [5.41, 5.74) is 0.701. The highest BCUT2D eigenvalue weighted by atomic mass is 32.2. The van der Waals surface area contributed by atoms with Gasteiger partial charge in [0.1, 0.15) is 12.4 Å². The average molecular weight is 231 g/mol. The van der Waals surface area contributed by atoms with Crippen LogP contribution in [0.1, 0.15) is 12.7 Å². The van der Waals surface area contributed by atoms with Crippen LogP contribution in [-0.4, -0.2) is 20.1 Å². The second-order valence-corrected chi connectivity index (χ2v) is 4.86. The van der Waals surface area contributed by atoms with Gasteiger partial charge in [0.15, 0.2) is 0 Å². The summed E-state index contributed by atoms with van der Waals surface area (Å²) in [7, 11) is -3.63. The van der Waals surface area contributed by atoms with Crippen LogP contribution in [0.3, 0.4) is 0 Å². The summed E-state index contributed by atoms with van der Waals surface area (Å²) in [6, 6.07) is 2.71. The normalized spacial score (nSPS) is 11.6. The van der Waals surface area contributed by atoms with Gasteiger partial charge in [-0.3, -0.25) is 0 Å². The van der Waals surface area contributed by atoms with Crippen LogP contribution in [0.5, 0.6) is 0 Å². The Balaban J connectivity index is 2.81. The molecule has 84 valence electrons. The SMILES string of the molecule is C=C(C)CNS(=O)(=O)c1ccc(CO)o1. The van der Waals surface area contributed by atoms with Crippen molar-refractivity contribution in [2.45, 2.75) is 18.6 Å². The van der Waals surface area contributed by atoms with E-state index in [2.05, 4.69) is 11.3 Å². The number of nitrogens with one attached hydrogen (secondary N) is 1. The van der Waals surface area contributed by atoms with Gasteiger partial charge in [0, 0.05) is 6.54 Å². The van der Waals surface area contributed by atoms with Gasteiger partial charge in [-0.15, -0.1) is 0 Å². The molecule has 0 aliphatic carbocycles. The average Bonchev–Trinajstić information content (AvgIpc) is 2.63. The summed E-state index contributed by atoms with van der Waals surface area (Å²) in [6.07, 6.45) is 0. The van der Waals surface area contributed by atoms with Crippen LogP contribution in [0.25, 0.3) is 0 Å². The fourth-order valence-electron chi connectivity index (χ4n) is 0.877. The molecule has 0 saturated carbocycles. The summed E-state index contributed by atoms with van der Waals surface area (Å²) in [5.74, 6) is 0.214. The molecule has 1 heterocycles. The predicted octanol–water partition coefficient (Wildman–Crippen LogP) is 0.626. The Labute approximate surface area is 88.5 Å². The zero-order chi connectivity index (χ0) is 11.5. The highest BCUT2D eigenvalue weighted by molar-refractivity contribution is 7.89. The smallest absolute Gasteiger partial charge is 0.274 e. The molecule has 0 aromatic carbocycles. The molecule has 6 heteroatoms. The van der Waals surface area contributed by atoms with Crippen molar-refractivity contribution >= 4 is 10.0 Å². The minimum atomic E-state index is -3.63. The Morgan fingerprint density at radius 2 is 2.27 bits per heavy atom. The molecule has 1 aromatic rings. The van der Waals surface area contributed by atoms with Crippen LogP contribution in [0.2, 0.25) is 0 Å². The summed E-state index contributed by atoms with van der Waals surface area (Å²) in [6.45, 7) is 5.13. The molecule has 0 atom stereocenters. The molecule has 0 unspecified atom stereocenters. The molecule has 0 spiro atoms. The summed E-state index contributed by atoms with van der Waals surface area (Å²) in [5, 5.41) is 8.51. The van der Waals surface area contributed by atoms with Crippen LogP contribution in [0, 0.1) is 0 Å². The molecule has 0 fully saturated rings. The highest BCUT2D eigenvalue weighted by Crippen LogP contribution is 2.13. The van der Waals surface area contributed by atoms with Crippen molar-refractivity contribution in [1.29, 1.82) is 0 Å². The number of hydrogen-bond acceptors (Lipinski definition) is 4. The first-order valence-corrected chi connectivity index (χ1v) is 5.77. The van der Waals surface area contributed by atoms with Gasteiger partial charge >= 0.3 is 0 Å². The maximum atomic E-state index is 11.5. The van der Waals surface area contributed by atoms with Crippen LogP contribution in [0.15, 0.2) is 33.8 Å². The van der Waals surface area contributed by atoms with Crippen molar-refractivity contribution in [3.8, 4) is 0 Å². The molecule has 0 aliphatic rings. The number of rotatable bonds is 5. The van der Waals surface area contributed by atoms with Crippen molar-refractivity contribution in [3.63, 3.8) is 0 Å². The number of aliphatic hydroxyl groups is 1. The number of furan rings is 1. The van der Waals surface area contributed by atoms with Gasteiger partial charge in [-0.25, -0.2) is 13.1 Å². The van der Waals surface area contributed by atoms with Crippen molar-refractivity contribution in [2.75, 3.05) is 6.54 Å². The van der Waals surface area contributed by atoms with Gasteiger partial charge < -0.3 is 9.52 Å². The topological polar surface area (TPSA) is 79.5 Å². The van der Waals surface area contributed by atoms with Crippen molar-refractivity contribution in [1.82, 2.24) is 4.72 Å². The monoisotopic (exact) mass is 231 g/mol. The summed E-state index contributed by atoms with van der Waals surface area (Å²) in [4.78, 5) is 0. The maximum Gasteiger partial charge on any atom is 0.274 e. The molecular formula is C9H13NO4S. The third kappa shape index (κ3) is 3.19. The van der Waals surface area contributed by atoms with Gasteiger partial charge in [-0.05, 0) is 19.1 Å². The van der Waals surface area contributed by atoms with Gasteiger partial charge in [0.25, 0.3) is 10.0 Å². The highest BCUT2D eigenvalue weighted by Gasteiger charge is 2.17. The lowest BCUT2D eigenvalue weighted by atomic mass is 10.4. The first-order chi connectivity index (χ1) is 6.95. The van der Waals surface area contributed by atoms with Crippen LogP contribution < -0.4 is 4.72 Å². The van der Waals surface area contributed by atoms with Gasteiger partial charge in [-0.2, -0.15) is 0 Å². The predicted molar refractivity (Wildman–Crippen MR) is 54.6 cm³/mol. The van der Waals surface area contributed by atoms with E-state index in [1.807, 2.05) is 0 Å². The van der Waals surface area contributed by atoms with Gasteiger partial charge in [0.05, 0.1) is 0 Å². The van der Waals surface area contributed by atoms with E-state index in [1.165, 1.54) is 12.1 Å². The van der Waals surface area contributed by atoms with Crippen LogP contribution in [0.4, 0.5) is 0 Å². The molecule has 15 heavy (non-hydrogen) atoms. The molecular weight excluding hydrogens is 218 g/mol. The second kappa shape index (κ2) is 4.61. The number of hydrogen-bond donors (Lipinski definition) is 2. The van der Waals surface area contributed by atoms with E-state index < -0.39 is 10.0 Å². The third-order valence-electron chi connectivity index (χ3n) is 1.62. The maximum absolute atomic E-state index is 11.5. The summed E-state index contributed by atoms with van der Waals surface area (Å²) < 4.78 is 30.3. The molecule has 0 radical (unpaired) electrons. The Hall–Kier alpha value is -1.11. The Kier molecular flexibility index (Phi) is 3.67. The molecule has 0 bridgehead atoms. The lowest BCUT2D eigenvalue weighted by Crippen LogP contribution is -2.24. The van der Waals surface area contributed by atoms with E-state index in [4.69, 9.17) is 9.52 Å². The van der Waals surface area contributed by atoms with Crippen molar-refractivity contribution in [2.24, 2.45) is 0 Å². The van der Waals surface area contributed by atoms with E-state index >= 15 is 0 Å². The molecule has 0 amide bonds. The van der Waals surface area contributed by atoms with Crippen LogP contribution in [-0.2, 0) is 16.6 Å². The Morgan fingerprint density at radius 1 is 1.60 bits per heavy atom. The van der Waals surface area contributed by atoms with Gasteiger partial charge in [0.2, 0.25) is 5.09 Å². The fourth-order valence-corrected chi connectivity index (χ4v) is 1.92. The lowest BCUT2D eigenvalue weighted by molar-refractivity contribution is 0.236. The van der Waals surface area contributed by atoms with E-state index in [9.17, 15) is 8.42 Å². The first kappa shape index (κ1) is 12.0. The Bertz CT molecular complexity index is 446. The minimum absolute atomic E-state index is 0.164. The largest absolute Gasteiger partial charge is 0.446 e. The lowest BCUT2D eigenvalue weighted by Gasteiger charge is -2.02. The quantitative estimate of drug-likeness (QED) is 0.728. The van der Waals surface area contributed by atoms with Gasteiger partial charge in [-0.1, -0.05) is 12.2 Å². The standard InChI is InChI=1S/C9H13NO4S/c1-7(2)5-10-15(12,13)9-4-3-8(6-11)14-9/h3-4,10-11H,1,5-6H2,2H3. The molecule has 0 saturated heterocycles. The zero-order valence-electron chi connectivity index (χ0n) is 8.36. The molecule has 0 aliphatic heterocycles.